The number of hydrogen-bond acceptors (Lipinski definition) is 3. The summed E-state index contributed by atoms with van der Waals surface area (Å²) in [6, 6.07) is 5.56. The van der Waals surface area contributed by atoms with Gasteiger partial charge in [0.1, 0.15) is 5.75 Å². The smallest absolute Gasteiger partial charge is 0.142 e. The van der Waals surface area contributed by atoms with Gasteiger partial charge in [0.15, 0.2) is 0 Å². The highest BCUT2D eigenvalue weighted by Crippen LogP contribution is 2.40. The van der Waals surface area contributed by atoms with E-state index in [1.165, 1.54) is 0 Å². The zero-order chi connectivity index (χ0) is 12.6. The molecule has 1 N–H and O–H groups in total. The normalized spacial score (nSPS) is 22.9. The molecule has 1 atom stereocenters. The summed E-state index contributed by atoms with van der Waals surface area (Å²) >= 11 is 6.04. The van der Waals surface area contributed by atoms with E-state index in [2.05, 4.69) is 4.90 Å². The Balaban J connectivity index is 2.43. The Hall–Kier alpha value is -0.930. The Morgan fingerprint density at radius 3 is 2.71 bits per heavy atom. The maximum absolute atomic E-state index is 10.0. The van der Waals surface area contributed by atoms with Gasteiger partial charge in [-0.05, 0) is 38.5 Å². The minimum Gasteiger partial charge on any atom is -0.495 e. The largest absolute Gasteiger partial charge is 0.495 e. The quantitative estimate of drug-likeness (QED) is 0.882. The Bertz CT molecular complexity index is 420. The van der Waals surface area contributed by atoms with Crippen LogP contribution in [-0.2, 0) is 0 Å². The minimum absolute atomic E-state index is 0.294. The summed E-state index contributed by atoms with van der Waals surface area (Å²) in [6.45, 7) is 4.88. The Kier molecular flexibility index (Phi) is 3.23. The predicted molar refractivity (Wildman–Crippen MR) is 70.1 cm³/mol. The number of anilines is 1. The molecule has 4 heteroatoms. The molecule has 17 heavy (non-hydrogen) atoms. The van der Waals surface area contributed by atoms with Crippen LogP contribution in [0.15, 0.2) is 18.2 Å². The van der Waals surface area contributed by atoms with E-state index in [4.69, 9.17) is 16.3 Å². The Morgan fingerprint density at radius 2 is 2.18 bits per heavy atom. The van der Waals surface area contributed by atoms with Gasteiger partial charge in [0.05, 0.1) is 24.4 Å². The van der Waals surface area contributed by atoms with Gasteiger partial charge in [-0.25, -0.2) is 0 Å². The van der Waals surface area contributed by atoms with Crippen LogP contribution in [0.5, 0.6) is 5.75 Å². The minimum atomic E-state index is -0.328. The van der Waals surface area contributed by atoms with Crippen LogP contribution < -0.4 is 9.64 Å². The second-order valence-corrected chi connectivity index (χ2v) is 5.36. The molecular weight excluding hydrogens is 238 g/mol. The molecule has 1 fully saturated rings. The number of aliphatic hydroxyl groups is 1. The van der Waals surface area contributed by atoms with Gasteiger partial charge >= 0.3 is 0 Å². The van der Waals surface area contributed by atoms with Crippen LogP contribution in [-0.4, -0.2) is 30.4 Å². The molecule has 3 nitrogen and oxygen atoms in total. The third kappa shape index (κ3) is 2.09. The van der Waals surface area contributed by atoms with Gasteiger partial charge in [0.2, 0.25) is 0 Å². The molecule has 94 valence electrons. The van der Waals surface area contributed by atoms with Gasteiger partial charge < -0.3 is 14.7 Å². The summed E-state index contributed by atoms with van der Waals surface area (Å²) in [7, 11) is 1.65. The van der Waals surface area contributed by atoms with Crippen molar-refractivity contribution in [2.24, 2.45) is 0 Å². The van der Waals surface area contributed by atoms with Crippen LogP contribution in [0.3, 0.4) is 0 Å². The summed E-state index contributed by atoms with van der Waals surface area (Å²) in [5, 5.41) is 10.7. The predicted octanol–water partition coefficient (Wildman–Crippen LogP) is 2.70. The Labute approximate surface area is 107 Å². The topological polar surface area (TPSA) is 32.7 Å². The summed E-state index contributed by atoms with van der Waals surface area (Å²) < 4.78 is 5.36. The molecule has 2 rings (SSSR count). The molecular formula is C13H18ClNO2. The molecule has 1 aliphatic rings. The van der Waals surface area contributed by atoms with Crippen LogP contribution in [0.4, 0.5) is 5.69 Å². The zero-order valence-corrected chi connectivity index (χ0v) is 11.2. The number of methoxy groups -OCH3 is 1. The fourth-order valence-electron chi connectivity index (χ4n) is 2.38. The second kappa shape index (κ2) is 4.39. The fraction of sp³-hybridized carbons (Fsp3) is 0.538. The van der Waals surface area contributed by atoms with Crippen LogP contribution in [0.25, 0.3) is 0 Å². The van der Waals surface area contributed by atoms with Crippen LogP contribution in [0.2, 0.25) is 5.02 Å². The number of ether oxygens (including phenoxy) is 1. The molecule has 1 heterocycles. The highest BCUT2D eigenvalue weighted by atomic mass is 35.5. The molecule has 0 radical (unpaired) electrons. The average Bonchev–Trinajstić information content (AvgIpc) is 2.54. The lowest BCUT2D eigenvalue weighted by Gasteiger charge is -2.36. The fourth-order valence-corrected chi connectivity index (χ4v) is 2.54. The first-order valence-corrected chi connectivity index (χ1v) is 6.14. The molecule has 1 aromatic carbocycles. The van der Waals surface area contributed by atoms with Crippen LogP contribution in [0, 0.1) is 0 Å². The number of hydrogen-bond donors (Lipinski definition) is 1. The maximum atomic E-state index is 10.0. The standard InChI is InChI=1S/C13H18ClNO2/c1-13(2)12(16)6-7-15(13)10-8-9(14)4-5-11(10)17-3/h4-5,8,12,16H,6-7H2,1-3H3. The second-order valence-electron chi connectivity index (χ2n) is 4.93. The van der Waals surface area contributed by atoms with E-state index in [-0.39, 0.29) is 11.6 Å². The van der Waals surface area contributed by atoms with Gasteiger partial charge in [0, 0.05) is 11.6 Å². The first kappa shape index (κ1) is 12.5. The molecule has 0 aromatic heterocycles. The highest BCUT2D eigenvalue weighted by Gasteiger charge is 2.41. The monoisotopic (exact) mass is 255 g/mol. The number of benzene rings is 1. The van der Waals surface area contributed by atoms with E-state index >= 15 is 0 Å². The summed E-state index contributed by atoms with van der Waals surface area (Å²) in [6.07, 6.45) is 0.439. The molecule has 1 aromatic rings. The van der Waals surface area contributed by atoms with E-state index in [0.717, 1.165) is 24.4 Å². The van der Waals surface area contributed by atoms with Crippen LogP contribution >= 0.6 is 11.6 Å². The van der Waals surface area contributed by atoms with E-state index in [1.807, 2.05) is 32.0 Å². The lowest BCUT2D eigenvalue weighted by molar-refractivity contribution is 0.127. The van der Waals surface area contributed by atoms with Crippen molar-refractivity contribution in [2.45, 2.75) is 31.9 Å². The van der Waals surface area contributed by atoms with E-state index in [0.29, 0.717) is 5.02 Å². The highest BCUT2D eigenvalue weighted by molar-refractivity contribution is 6.30. The molecule has 1 aliphatic heterocycles. The van der Waals surface area contributed by atoms with Gasteiger partial charge in [-0.1, -0.05) is 11.6 Å². The molecule has 0 bridgehead atoms. The van der Waals surface area contributed by atoms with Crippen molar-refractivity contribution >= 4 is 17.3 Å². The number of halogens is 1. The molecule has 0 spiro atoms. The van der Waals surface area contributed by atoms with Crippen molar-refractivity contribution in [3.8, 4) is 5.75 Å². The van der Waals surface area contributed by atoms with Crippen molar-refractivity contribution in [1.82, 2.24) is 0 Å². The van der Waals surface area contributed by atoms with Gasteiger partial charge in [-0.15, -0.1) is 0 Å². The molecule has 1 unspecified atom stereocenters. The van der Waals surface area contributed by atoms with Gasteiger partial charge in [-0.3, -0.25) is 0 Å². The zero-order valence-electron chi connectivity index (χ0n) is 10.4. The third-order valence-corrected chi connectivity index (χ3v) is 3.80. The molecule has 0 saturated carbocycles. The molecule has 0 amide bonds. The van der Waals surface area contributed by atoms with Crippen molar-refractivity contribution in [3.05, 3.63) is 23.2 Å². The van der Waals surface area contributed by atoms with Crippen molar-refractivity contribution in [1.29, 1.82) is 0 Å². The van der Waals surface area contributed by atoms with E-state index < -0.39 is 0 Å². The number of aliphatic hydroxyl groups excluding tert-OH is 1. The molecule has 0 aliphatic carbocycles. The third-order valence-electron chi connectivity index (χ3n) is 3.57. The molecule has 1 saturated heterocycles. The Morgan fingerprint density at radius 1 is 1.47 bits per heavy atom. The van der Waals surface area contributed by atoms with Crippen molar-refractivity contribution in [2.75, 3.05) is 18.6 Å². The first-order valence-electron chi connectivity index (χ1n) is 5.76. The van der Waals surface area contributed by atoms with E-state index in [1.54, 1.807) is 7.11 Å². The van der Waals surface area contributed by atoms with Crippen molar-refractivity contribution in [3.63, 3.8) is 0 Å². The summed E-state index contributed by atoms with van der Waals surface area (Å²) in [4.78, 5) is 2.16. The SMILES string of the molecule is COc1ccc(Cl)cc1N1CCC(O)C1(C)C. The van der Waals surface area contributed by atoms with Gasteiger partial charge in [-0.2, -0.15) is 0 Å². The average molecular weight is 256 g/mol. The lowest BCUT2D eigenvalue weighted by atomic mass is 9.98. The first-order chi connectivity index (χ1) is 7.96. The van der Waals surface area contributed by atoms with Gasteiger partial charge in [0.25, 0.3) is 0 Å². The van der Waals surface area contributed by atoms with Crippen LogP contribution in [0.1, 0.15) is 20.3 Å². The summed E-state index contributed by atoms with van der Waals surface area (Å²) in [5.41, 5.74) is 0.652. The number of nitrogens with zero attached hydrogens (tertiary/aromatic N) is 1. The van der Waals surface area contributed by atoms with Crippen molar-refractivity contribution < 1.29 is 9.84 Å². The lowest BCUT2D eigenvalue weighted by Crippen LogP contribution is -2.45. The maximum Gasteiger partial charge on any atom is 0.142 e. The number of rotatable bonds is 2. The summed E-state index contributed by atoms with van der Waals surface area (Å²) in [5.74, 6) is 0.788. The van der Waals surface area contributed by atoms with E-state index in [9.17, 15) is 5.11 Å².